The number of fused-ring (bicyclic) bond motifs is 2. The third-order valence-corrected chi connectivity index (χ3v) is 7.73. The Morgan fingerprint density at radius 3 is 2.47 bits per heavy atom. The van der Waals surface area contributed by atoms with Gasteiger partial charge in [0.2, 0.25) is 5.91 Å². The van der Waals surface area contributed by atoms with Gasteiger partial charge in [-0.3, -0.25) is 4.79 Å². The topological polar surface area (TPSA) is 49.0 Å². The summed E-state index contributed by atoms with van der Waals surface area (Å²) in [6.07, 6.45) is 8.14. The van der Waals surface area contributed by atoms with E-state index in [9.17, 15) is 4.79 Å². The molecule has 4 heteroatoms. The van der Waals surface area contributed by atoms with Crippen molar-refractivity contribution in [3.8, 4) is 0 Å². The van der Waals surface area contributed by atoms with Crippen LogP contribution in [0.2, 0.25) is 0 Å². The van der Waals surface area contributed by atoms with Crippen molar-refractivity contribution in [3.05, 3.63) is 59.4 Å². The first-order chi connectivity index (χ1) is 15.5. The Hall–Kier alpha value is -2.62. The number of hydrogen-bond acceptors (Lipinski definition) is 2. The van der Waals surface area contributed by atoms with Crippen molar-refractivity contribution in [1.29, 1.82) is 0 Å². The molecule has 0 radical (unpaired) electrons. The van der Waals surface area contributed by atoms with E-state index in [-0.39, 0.29) is 5.91 Å². The van der Waals surface area contributed by atoms with Crippen LogP contribution < -0.4 is 4.90 Å². The minimum absolute atomic E-state index is 0.218. The molecule has 1 saturated carbocycles. The predicted octanol–water partition coefficient (Wildman–Crippen LogP) is 6.82. The molecule has 3 aromatic rings. The normalized spacial score (nSPS) is 22.5. The van der Waals surface area contributed by atoms with Crippen molar-refractivity contribution in [2.75, 3.05) is 11.4 Å². The number of nitrogens with zero attached hydrogens (tertiary/aromatic N) is 2. The van der Waals surface area contributed by atoms with Crippen molar-refractivity contribution in [1.82, 2.24) is 9.97 Å². The number of aromatic nitrogens is 2. The van der Waals surface area contributed by atoms with Crippen LogP contribution in [0.4, 0.5) is 5.69 Å². The van der Waals surface area contributed by atoms with Crippen molar-refractivity contribution >= 4 is 22.6 Å². The molecule has 1 amide bonds. The van der Waals surface area contributed by atoms with E-state index in [1.165, 1.54) is 31.2 Å². The maximum Gasteiger partial charge on any atom is 0.237 e. The molecule has 2 aromatic carbocycles. The largest absolute Gasteiger partial charge is 0.342 e. The molecule has 32 heavy (non-hydrogen) atoms. The molecular formula is C28H35N3O. The molecule has 1 aliphatic heterocycles. The Morgan fingerprint density at radius 2 is 1.75 bits per heavy atom. The van der Waals surface area contributed by atoms with Gasteiger partial charge in [0.15, 0.2) is 0 Å². The van der Waals surface area contributed by atoms with Crippen molar-refractivity contribution in [2.24, 2.45) is 0 Å². The molecule has 5 rings (SSSR count). The van der Waals surface area contributed by atoms with Crippen LogP contribution in [0.1, 0.15) is 94.5 Å². The lowest BCUT2D eigenvalue weighted by Gasteiger charge is -2.27. The number of amides is 1. The smallest absolute Gasteiger partial charge is 0.237 e. The number of H-pyrrole nitrogens is 1. The minimum atomic E-state index is -0.477. The Morgan fingerprint density at radius 1 is 1.03 bits per heavy atom. The fourth-order valence-corrected chi connectivity index (χ4v) is 5.71. The molecule has 0 bridgehead atoms. The molecule has 0 unspecified atom stereocenters. The number of aromatic amines is 1. The third-order valence-electron chi connectivity index (χ3n) is 7.73. The number of benzene rings is 2. The van der Waals surface area contributed by atoms with Gasteiger partial charge in [-0.1, -0.05) is 50.1 Å². The fraction of sp³-hybridized carbons (Fsp3) is 0.500. The summed E-state index contributed by atoms with van der Waals surface area (Å²) in [6, 6.07) is 15.3. The molecule has 2 aliphatic rings. The number of nitrogens with one attached hydrogen (secondary N) is 1. The van der Waals surface area contributed by atoms with Gasteiger partial charge in [-0.2, -0.15) is 0 Å². The van der Waals surface area contributed by atoms with E-state index in [1.807, 2.05) is 4.90 Å². The summed E-state index contributed by atoms with van der Waals surface area (Å²) in [7, 11) is 0. The number of carbonyl (C=O) groups excluding carboxylic acids is 1. The van der Waals surface area contributed by atoms with Gasteiger partial charge in [-0.05, 0) is 75.1 Å². The molecule has 1 aliphatic carbocycles. The van der Waals surface area contributed by atoms with E-state index >= 15 is 0 Å². The van der Waals surface area contributed by atoms with Crippen LogP contribution in [0, 0.1) is 0 Å². The highest BCUT2D eigenvalue weighted by molar-refractivity contribution is 6.09. The fourth-order valence-electron chi connectivity index (χ4n) is 5.71. The highest BCUT2D eigenvalue weighted by Crippen LogP contribution is 2.44. The van der Waals surface area contributed by atoms with E-state index in [4.69, 9.17) is 4.98 Å². The van der Waals surface area contributed by atoms with Crippen molar-refractivity contribution < 1.29 is 4.79 Å². The molecule has 1 aromatic heterocycles. The lowest BCUT2D eigenvalue weighted by atomic mass is 9.78. The lowest BCUT2D eigenvalue weighted by Crippen LogP contribution is -2.36. The first-order valence-electron chi connectivity index (χ1n) is 12.4. The monoisotopic (exact) mass is 429 g/mol. The number of anilines is 1. The molecule has 168 valence electrons. The number of hydrogen-bond donors (Lipinski definition) is 1. The second-order valence-electron chi connectivity index (χ2n) is 10.3. The zero-order chi connectivity index (χ0) is 22.3. The van der Waals surface area contributed by atoms with E-state index in [0.29, 0.717) is 11.8 Å². The van der Waals surface area contributed by atoms with Crippen LogP contribution in [0.5, 0.6) is 0 Å². The quantitative estimate of drug-likeness (QED) is 0.437. The molecule has 2 heterocycles. The van der Waals surface area contributed by atoms with Gasteiger partial charge in [0.05, 0.1) is 22.1 Å². The van der Waals surface area contributed by atoms with E-state index in [0.717, 1.165) is 53.9 Å². The van der Waals surface area contributed by atoms with E-state index < -0.39 is 5.41 Å². The summed E-state index contributed by atoms with van der Waals surface area (Å²) in [6.45, 7) is 7.12. The SMILES string of the molecule is CCCCCN1C(=O)C(C)(C)c2cc3[nH]c(C4CCC(c5ccccc5)CC4)nc3cc21. The maximum absolute atomic E-state index is 13.1. The second kappa shape index (κ2) is 8.38. The van der Waals surface area contributed by atoms with Crippen LogP contribution in [-0.2, 0) is 10.2 Å². The molecular weight excluding hydrogens is 394 g/mol. The second-order valence-corrected chi connectivity index (χ2v) is 10.3. The van der Waals surface area contributed by atoms with Gasteiger partial charge in [0, 0.05) is 12.5 Å². The number of carbonyl (C=O) groups is 1. The Bertz CT molecular complexity index is 1110. The van der Waals surface area contributed by atoms with Crippen LogP contribution in [0.3, 0.4) is 0 Å². The van der Waals surface area contributed by atoms with Crippen molar-refractivity contribution in [3.63, 3.8) is 0 Å². The average Bonchev–Trinajstić information content (AvgIpc) is 3.31. The van der Waals surface area contributed by atoms with Crippen molar-refractivity contribution in [2.45, 2.75) is 83.0 Å². The summed E-state index contributed by atoms with van der Waals surface area (Å²) in [5.41, 5.74) is 5.26. The standard InChI is InChI=1S/C28H35N3O/c1-4-5-9-16-31-25-18-24-23(17-22(25)28(2,3)27(31)32)29-26(30-24)21-14-12-20(13-15-21)19-10-7-6-8-11-19/h6-8,10-11,17-18,20-21H,4-5,9,12-16H2,1-3H3,(H,29,30). The number of unbranched alkanes of at least 4 members (excludes halogenated alkanes) is 2. The van der Waals surface area contributed by atoms with E-state index in [1.54, 1.807) is 0 Å². The first-order valence-corrected chi connectivity index (χ1v) is 12.4. The Kier molecular flexibility index (Phi) is 5.56. The van der Waals surface area contributed by atoms with Crippen LogP contribution in [0.15, 0.2) is 42.5 Å². The molecule has 4 nitrogen and oxygen atoms in total. The van der Waals surface area contributed by atoms with E-state index in [2.05, 4.69) is 68.2 Å². The third kappa shape index (κ3) is 3.64. The average molecular weight is 430 g/mol. The Labute approximate surface area is 191 Å². The van der Waals surface area contributed by atoms with Crippen LogP contribution in [-0.4, -0.2) is 22.4 Å². The van der Waals surface area contributed by atoms with Gasteiger partial charge >= 0.3 is 0 Å². The zero-order valence-electron chi connectivity index (χ0n) is 19.7. The van der Waals surface area contributed by atoms with Gasteiger partial charge < -0.3 is 9.88 Å². The van der Waals surface area contributed by atoms with Crippen LogP contribution in [0.25, 0.3) is 11.0 Å². The summed E-state index contributed by atoms with van der Waals surface area (Å²) in [4.78, 5) is 23.8. The Balaban J connectivity index is 1.38. The predicted molar refractivity (Wildman–Crippen MR) is 131 cm³/mol. The van der Waals surface area contributed by atoms with Gasteiger partial charge in [-0.15, -0.1) is 0 Å². The zero-order valence-corrected chi connectivity index (χ0v) is 19.7. The van der Waals surface area contributed by atoms with Crippen LogP contribution >= 0.6 is 0 Å². The molecule has 1 N–H and O–H groups in total. The highest BCUT2D eigenvalue weighted by Gasteiger charge is 2.44. The molecule has 0 atom stereocenters. The minimum Gasteiger partial charge on any atom is -0.342 e. The first kappa shape index (κ1) is 21.2. The lowest BCUT2D eigenvalue weighted by molar-refractivity contribution is -0.122. The summed E-state index contributed by atoms with van der Waals surface area (Å²) < 4.78 is 0. The number of imidazole rings is 1. The summed E-state index contributed by atoms with van der Waals surface area (Å²) in [5, 5.41) is 0. The molecule has 0 spiro atoms. The maximum atomic E-state index is 13.1. The summed E-state index contributed by atoms with van der Waals surface area (Å²) >= 11 is 0. The summed E-state index contributed by atoms with van der Waals surface area (Å²) in [5.74, 6) is 2.50. The van der Waals surface area contributed by atoms with Gasteiger partial charge in [0.1, 0.15) is 5.82 Å². The van der Waals surface area contributed by atoms with Gasteiger partial charge in [0.25, 0.3) is 0 Å². The highest BCUT2D eigenvalue weighted by atomic mass is 16.2. The molecule has 0 saturated heterocycles. The molecule has 1 fully saturated rings. The van der Waals surface area contributed by atoms with Gasteiger partial charge in [-0.25, -0.2) is 4.98 Å². The number of rotatable bonds is 6.